The standard InChI is InChI=1S/C10H15ClN2/c1-3-4-12-6-9-5-10(11)8(2)13-7-9/h5,7,12H,3-4,6H2,1-2H3. The van der Waals surface area contributed by atoms with E-state index >= 15 is 0 Å². The SMILES string of the molecule is CCCNCc1cnc(C)c(Cl)c1. The first-order chi connectivity index (χ1) is 6.24. The lowest BCUT2D eigenvalue weighted by Gasteiger charge is -2.04. The summed E-state index contributed by atoms with van der Waals surface area (Å²) in [7, 11) is 0. The molecule has 13 heavy (non-hydrogen) atoms. The maximum atomic E-state index is 5.94. The Morgan fingerprint density at radius 2 is 2.31 bits per heavy atom. The third kappa shape index (κ3) is 3.33. The summed E-state index contributed by atoms with van der Waals surface area (Å²) in [6.07, 6.45) is 3.01. The van der Waals surface area contributed by atoms with E-state index in [9.17, 15) is 0 Å². The van der Waals surface area contributed by atoms with Crippen LogP contribution in [0.2, 0.25) is 5.02 Å². The molecule has 1 heterocycles. The highest BCUT2D eigenvalue weighted by atomic mass is 35.5. The fourth-order valence-electron chi connectivity index (χ4n) is 1.05. The largest absolute Gasteiger partial charge is 0.313 e. The van der Waals surface area contributed by atoms with Crippen LogP contribution in [0.1, 0.15) is 24.6 Å². The van der Waals surface area contributed by atoms with Crippen molar-refractivity contribution >= 4 is 11.6 Å². The van der Waals surface area contributed by atoms with Crippen LogP contribution in [0.3, 0.4) is 0 Å². The van der Waals surface area contributed by atoms with Gasteiger partial charge in [-0.2, -0.15) is 0 Å². The van der Waals surface area contributed by atoms with Gasteiger partial charge in [0.1, 0.15) is 0 Å². The zero-order valence-corrected chi connectivity index (χ0v) is 8.86. The molecule has 0 saturated heterocycles. The molecule has 1 rings (SSSR count). The summed E-state index contributed by atoms with van der Waals surface area (Å²) < 4.78 is 0. The van der Waals surface area contributed by atoms with E-state index in [4.69, 9.17) is 11.6 Å². The lowest BCUT2D eigenvalue weighted by Crippen LogP contribution is -2.13. The van der Waals surface area contributed by atoms with Crippen LogP contribution in [-0.4, -0.2) is 11.5 Å². The van der Waals surface area contributed by atoms with Crippen molar-refractivity contribution in [3.05, 3.63) is 28.5 Å². The van der Waals surface area contributed by atoms with Crippen LogP contribution in [0, 0.1) is 6.92 Å². The smallest absolute Gasteiger partial charge is 0.0621 e. The van der Waals surface area contributed by atoms with Crippen LogP contribution < -0.4 is 5.32 Å². The average Bonchev–Trinajstić information content (AvgIpc) is 2.12. The number of nitrogens with one attached hydrogen (secondary N) is 1. The Morgan fingerprint density at radius 3 is 2.92 bits per heavy atom. The van der Waals surface area contributed by atoms with Gasteiger partial charge in [-0.05, 0) is 31.5 Å². The van der Waals surface area contributed by atoms with Gasteiger partial charge in [-0.3, -0.25) is 4.98 Å². The van der Waals surface area contributed by atoms with Crippen LogP contribution in [-0.2, 0) is 6.54 Å². The van der Waals surface area contributed by atoms with Gasteiger partial charge in [0, 0.05) is 12.7 Å². The van der Waals surface area contributed by atoms with Gasteiger partial charge >= 0.3 is 0 Å². The van der Waals surface area contributed by atoms with Gasteiger partial charge in [0.25, 0.3) is 0 Å². The highest BCUT2D eigenvalue weighted by Gasteiger charge is 1.98. The number of aromatic nitrogens is 1. The van der Waals surface area contributed by atoms with Crippen LogP contribution in [0.25, 0.3) is 0 Å². The molecular weight excluding hydrogens is 184 g/mol. The maximum absolute atomic E-state index is 5.94. The minimum Gasteiger partial charge on any atom is -0.313 e. The van der Waals surface area contributed by atoms with Gasteiger partial charge in [0.15, 0.2) is 0 Å². The van der Waals surface area contributed by atoms with Crippen molar-refractivity contribution in [2.24, 2.45) is 0 Å². The quantitative estimate of drug-likeness (QED) is 0.753. The van der Waals surface area contributed by atoms with Gasteiger partial charge in [-0.15, -0.1) is 0 Å². The third-order valence-corrected chi connectivity index (χ3v) is 2.22. The number of hydrogen-bond donors (Lipinski definition) is 1. The van der Waals surface area contributed by atoms with Crippen LogP contribution in [0.15, 0.2) is 12.3 Å². The molecule has 1 aromatic rings. The van der Waals surface area contributed by atoms with Crippen molar-refractivity contribution in [3.63, 3.8) is 0 Å². The second-order valence-electron chi connectivity index (χ2n) is 3.09. The minimum absolute atomic E-state index is 0.746. The normalized spacial score (nSPS) is 10.4. The molecule has 1 N–H and O–H groups in total. The number of halogens is 1. The summed E-state index contributed by atoms with van der Waals surface area (Å²) in [5, 5.41) is 4.05. The zero-order valence-electron chi connectivity index (χ0n) is 8.10. The van der Waals surface area contributed by atoms with Gasteiger partial charge in [0.05, 0.1) is 10.7 Å². The molecule has 1 aromatic heterocycles. The second-order valence-corrected chi connectivity index (χ2v) is 3.49. The summed E-state index contributed by atoms with van der Waals surface area (Å²) in [4.78, 5) is 4.19. The Balaban J connectivity index is 2.53. The van der Waals surface area contributed by atoms with E-state index < -0.39 is 0 Å². The zero-order chi connectivity index (χ0) is 9.68. The number of pyridine rings is 1. The maximum Gasteiger partial charge on any atom is 0.0621 e. The first-order valence-corrected chi connectivity index (χ1v) is 4.93. The van der Waals surface area contributed by atoms with E-state index in [0.29, 0.717) is 0 Å². The van der Waals surface area contributed by atoms with Crippen LogP contribution in [0.4, 0.5) is 0 Å². The fourth-order valence-corrected chi connectivity index (χ4v) is 1.24. The number of rotatable bonds is 4. The van der Waals surface area contributed by atoms with Gasteiger partial charge in [-0.25, -0.2) is 0 Å². The number of nitrogens with zero attached hydrogens (tertiary/aromatic N) is 1. The lowest BCUT2D eigenvalue weighted by atomic mass is 10.2. The molecule has 3 heteroatoms. The molecule has 0 bridgehead atoms. The summed E-state index contributed by atoms with van der Waals surface area (Å²) in [6.45, 7) is 5.94. The fraction of sp³-hybridized carbons (Fsp3) is 0.500. The van der Waals surface area contributed by atoms with E-state index in [-0.39, 0.29) is 0 Å². The van der Waals surface area contributed by atoms with Gasteiger partial charge in [0.2, 0.25) is 0 Å². The van der Waals surface area contributed by atoms with Crippen molar-refractivity contribution in [1.82, 2.24) is 10.3 Å². The first-order valence-electron chi connectivity index (χ1n) is 4.55. The van der Waals surface area contributed by atoms with E-state index in [0.717, 1.165) is 35.8 Å². The average molecular weight is 199 g/mol. The minimum atomic E-state index is 0.746. The number of aryl methyl sites for hydroxylation is 1. The van der Waals surface area contributed by atoms with Crippen LogP contribution >= 0.6 is 11.6 Å². The molecule has 0 fully saturated rings. The Bertz CT molecular complexity index is 274. The topological polar surface area (TPSA) is 24.9 Å². The molecule has 72 valence electrons. The summed E-state index contributed by atoms with van der Waals surface area (Å²) in [5.41, 5.74) is 2.03. The predicted molar refractivity (Wildman–Crippen MR) is 56.0 cm³/mol. The Hall–Kier alpha value is -0.600. The molecule has 0 atom stereocenters. The van der Waals surface area contributed by atoms with Crippen LogP contribution in [0.5, 0.6) is 0 Å². The summed E-state index contributed by atoms with van der Waals surface area (Å²) in [6, 6.07) is 1.96. The Morgan fingerprint density at radius 1 is 1.54 bits per heavy atom. The molecular formula is C10H15ClN2. The molecule has 0 radical (unpaired) electrons. The molecule has 0 saturated carbocycles. The second kappa shape index (κ2) is 5.20. The van der Waals surface area contributed by atoms with Gasteiger partial charge in [-0.1, -0.05) is 18.5 Å². The van der Waals surface area contributed by atoms with Crippen molar-refractivity contribution in [1.29, 1.82) is 0 Å². The van der Waals surface area contributed by atoms with Crippen molar-refractivity contribution in [3.8, 4) is 0 Å². The predicted octanol–water partition coefficient (Wildman–Crippen LogP) is 2.54. The molecule has 0 aliphatic carbocycles. The molecule has 0 aromatic carbocycles. The molecule has 0 spiro atoms. The lowest BCUT2D eigenvalue weighted by molar-refractivity contribution is 0.673. The highest BCUT2D eigenvalue weighted by Crippen LogP contribution is 2.13. The van der Waals surface area contributed by atoms with Gasteiger partial charge < -0.3 is 5.32 Å². The van der Waals surface area contributed by atoms with Crippen molar-refractivity contribution < 1.29 is 0 Å². The van der Waals surface area contributed by atoms with E-state index in [1.165, 1.54) is 0 Å². The monoisotopic (exact) mass is 198 g/mol. The van der Waals surface area contributed by atoms with Crippen molar-refractivity contribution in [2.75, 3.05) is 6.54 Å². The third-order valence-electron chi connectivity index (χ3n) is 1.84. The molecule has 2 nitrogen and oxygen atoms in total. The molecule has 0 aliphatic heterocycles. The Kier molecular flexibility index (Phi) is 4.19. The van der Waals surface area contributed by atoms with E-state index in [1.807, 2.05) is 19.2 Å². The molecule has 0 unspecified atom stereocenters. The molecule has 0 amide bonds. The van der Waals surface area contributed by atoms with E-state index in [1.54, 1.807) is 0 Å². The van der Waals surface area contributed by atoms with Crippen molar-refractivity contribution in [2.45, 2.75) is 26.8 Å². The summed E-state index contributed by atoms with van der Waals surface area (Å²) >= 11 is 5.94. The number of hydrogen-bond acceptors (Lipinski definition) is 2. The summed E-state index contributed by atoms with van der Waals surface area (Å²) in [5.74, 6) is 0. The van der Waals surface area contributed by atoms with E-state index in [2.05, 4.69) is 17.2 Å². The Labute approximate surface area is 84.3 Å². The molecule has 0 aliphatic rings. The highest BCUT2D eigenvalue weighted by molar-refractivity contribution is 6.31. The first kappa shape index (κ1) is 10.5.